The third-order valence-corrected chi connectivity index (χ3v) is 3.82. The van der Waals surface area contributed by atoms with Crippen LogP contribution in [0.3, 0.4) is 0 Å². The fourth-order valence-electron chi connectivity index (χ4n) is 1.96. The summed E-state index contributed by atoms with van der Waals surface area (Å²) < 4.78 is 5.18. The number of aryl methyl sites for hydroxylation is 1. The van der Waals surface area contributed by atoms with Gasteiger partial charge in [0.25, 0.3) is 0 Å². The molecule has 90 valence electrons. The van der Waals surface area contributed by atoms with Crippen LogP contribution in [0.5, 0.6) is 5.75 Å². The summed E-state index contributed by atoms with van der Waals surface area (Å²) in [5, 5.41) is 7.76. The summed E-state index contributed by atoms with van der Waals surface area (Å²) in [6.45, 7) is 2.15. The van der Waals surface area contributed by atoms with Crippen LogP contribution in [0.15, 0.2) is 35.0 Å². The van der Waals surface area contributed by atoms with Gasteiger partial charge in [-0.15, -0.1) is 0 Å². The molecule has 0 aliphatic carbocycles. The lowest BCUT2D eigenvalue weighted by molar-refractivity contribution is 0.414. The molecule has 0 bridgehead atoms. The van der Waals surface area contributed by atoms with Crippen LogP contribution in [0, 0.1) is 6.92 Å². The predicted octanol–water partition coefficient (Wildman–Crippen LogP) is 3.37. The number of benzene rings is 1. The summed E-state index contributed by atoms with van der Waals surface area (Å²) in [5.41, 5.74) is 3.95. The van der Waals surface area contributed by atoms with E-state index in [1.807, 2.05) is 19.2 Å². The van der Waals surface area contributed by atoms with Gasteiger partial charge in [0.05, 0.1) is 13.2 Å². The molecule has 1 N–H and O–H groups in total. The minimum atomic E-state index is 0.257. The Hall–Kier alpha value is -1.32. The lowest BCUT2D eigenvalue weighted by atomic mass is 9.98. The second-order valence-corrected chi connectivity index (χ2v) is 4.75. The Kier molecular flexibility index (Phi) is 3.82. The zero-order valence-corrected chi connectivity index (χ0v) is 11.2. The van der Waals surface area contributed by atoms with E-state index in [2.05, 4.69) is 35.1 Å². The Balaban J connectivity index is 2.32. The highest BCUT2D eigenvalue weighted by Gasteiger charge is 2.14. The first-order valence-electron chi connectivity index (χ1n) is 5.60. The molecule has 1 heterocycles. The molecule has 3 heteroatoms. The minimum Gasteiger partial charge on any atom is -0.497 e. The van der Waals surface area contributed by atoms with E-state index in [4.69, 9.17) is 4.74 Å². The number of hydrogen-bond donors (Lipinski definition) is 1. The van der Waals surface area contributed by atoms with Crippen molar-refractivity contribution in [1.29, 1.82) is 0 Å². The second-order valence-electron chi connectivity index (χ2n) is 4.00. The van der Waals surface area contributed by atoms with E-state index in [-0.39, 0.29) is 6.04 Å². The number of thiophene rings is 1. The van der Waals surface area contributed by atoms with Gasteiger partial charge >= 0.3 is 0 Å². The SMILES string of the molecule is CNC(c1ccc(OC)cc1)c1cscc1C. The first-order valence-corrected chi connectivity index (χ1v) is 6.54. The zero-order chi connectivity index (χ0) is 12.3. The molecule has 2 aromatic rings. The lowest BCUT2D eigenvalue weighted by Gasteiger charge is -2.17. The van der Waals surface area contributed by atoms with Crippen LogP contribution in [0.25, 0.3) is 0 Å². The number of hydrogen-bond acceptors (Lipinski definition) is 3. The van der Waals surface area contributed by atoms with E-state index in [0.29, 0.717) is 0 Å². The third kappa shape index (κ3) is 2.51. The van der Waals surface area contributed by atoms with Gasteiger partial charge in [-0.2, -0.15) is 11.3 Å². The van der Waals surface area contributed by atoms with Crippen LogP contribution in [0.1, 0.15) is 22.7 Å². The summed E-state index contributed by atoms with van der Waals surface area (Å²) >= 11 is 1.75. The molecule has 0 spiro atoms. The van der Waals surface area contributed by atoms with Crippen molar-refractivity contribution in [3.05, 3.63) is 51.7 Å². The molecule has 0 saturated heterocycles. The van der Waals surface area contributed by atoms with E-state index in [1.165, 1.54) is 16.7 Å². The van der Waals surface area contributed by atoms with Crippen molar-refractivity contribution in [3.63, 3.8) is 0 Å². The van der Waals surface area contributed by atoms with Crippen molar-refractivity contribution in [2.45, 2.75) is 13.0 Å². The van der Waals surface area contributed by atoms with Gasteiger partial charge in [-0.25, -0.2) is 0 Å². The molecule has 0 aliphatic heterocycles. The normalized spacial score (nSPS) is 12.4. The van der Waals surface area contributed by atoms with E-state index in [9.17, 15) is 0 Å². The highest BCUT2D eigenvalue weighted by Crippen LogP contribution is 2.28. The van der Waals surface area contributed by atoms with Crippen LogP contribution in [0.4, 0.5) is 0 Å². The fraction of sp³-hybridized carbons (Fsp3) is 0.286. The average molecular weight is 247 g/mol. The van der Waals surface area contributed by atoms with Gasteiger partial charge in [0.2, 0.25) is 0 Å². The largest absolute Gasteiger partial charge is 0.497 e. The number of methoxy groups -OCH3 is 1. The Morgan fingerprint density at radius 1 is 1.18 bits per heavy atom. The van der Waals surface area contributed by atoms with Gasteiger partial charge in [0.15, 0.2) is 0 Å². The van der Waals surface area contributed by atoms with Crippen molar-refractivity contribution in [2.75, 3.05) is 14.2 Å². The van der Waals surface area contributed by atoms with Crippen LogP contribution in [0.2, 0.25) is 0 Å². The van der Waals surface area contributed by atoms with Crippen molar-refractivity contribution in [3.8, 4) is 5.75 Å². The first kappa shape index (κ1) is 12.1. The zero-order valence-electron chi connectivity index (χ0n) is 10.4. The molecule has 2 nitrogen and oxygen atoms in total. The number of rotatable bonds is 4. The molecule has 1 aromatic heterocycles. The molecule has 1 unspecified atom stereocenters. The van der Waals surface area contributed by atoms with E-state index < -0.39 is 0 Å². The van der Waals surface area contributed by atoms with Gasteiger partial charge in [0.1, 0.15) is 5.75 Å². The molecule has 1 atom stereocenters. The van der Waals surface area contributed by atoms with Crippen LogP contribution < -0.4 is 10.1 Å². The highest BCUT2D eigenvalue weighted by atomic mass is 32.1. The Morgan fingerprint density at radius 2 is 1.88 bits per heavy atom. The van der Waals surface area contributed by atoms with Crippen molar-refractivity contribution in [1.82, 2.24) is 5.32 Å². The maximum absolute atomic E-state index is 5.18. The maximum Gasteiger partial charge on any atom is 0.118 e. The van der Waals surface area contributed by atoms with Crippen LogP contribution in [-0.2, 0) is 0 Å². The van der Waals surface area contributed by atoms with Crippen molar-refractivity contribution in [2.24, 2.45) is 0 Å². The molecular weight excluding hydrogens is 230 g/mol. The van der Waals surface area contributed by atoms with Gasteiger partial charge in [-0.1, -0.05) is 12.1 Å². The second kappa shape index (κ2) is 5.34. The topological polar surface area (TPSA) is 21.3 Å². The molecule has 2 rings (SSSR count). The third-order valence-electron chi connectivity index (χ3n) is 2.94. The highest BCUT2D eigenvalue weighted by molar-refractivity contribution is 7.08. The van der Waals surface area contributed by atoms with Gasteiger partial charge in [-0.3, -0.25) is 0 Å². The van der Waals surface area contributed by atoms with Crippen LogP contribution >= 0.6 is 11.3 Å². The van der Waals surface area contributed by atoms with E-state index in [1.54, 1.807) is 18.4 Å². The van der Waals surface area contributed by atoms with Gasteiger partial charge in [0, 0.05) is 0 Å². The summed E-state index contributed by atoms with van der Waals surface area (Å²) in [6.07, 6.45) is 0. The number of ether oxygens (including phenoxy) is 1. The predicted molar refractivity (Wildman–Crippen MR) is 73.0 cm³/mol. The molecule has 0 amide bonds. The fourth-order valence-corrected chi connectivity index (χ4v) is 2.84. The van der Waals surface area contributed by atoms with Gasteiger partial charge in [-0.05, 0) is 53.6 Å². The minimum absolute atomic E-state index is 0.257. The lowest BCUT2D eigenvalue weighted by Crippen LogP contribution is -2.17. The molecule has 1 aromatic carbocycles. The molecular formula is C14H17NOS. The summed E-state index contributed by atoms with van der Waals surface area (Å²) in [6, 6.07) is 8.48. The Bertz CT molecular complexity index is 475. The molecule has 0 fully saturated rings. The average Bonchev–Trinajstić information content (AvgIpc) is 2.78. The van der Waals surface area contributed by atoms with Crippen LogP contribution in [-0.4, -0.2) is 14.2 Å². The maximum atomic E-state index is 5.18. The summed E-state index contributed by atoms with van der Waals surface area (Å²) in [4.78, 5) is 0. The van der Waals surface area contributed by atoms with E-state index in [0.717, 1.165) is 5.75 Å². The molecule has 0 aliphatic rings. The Morgan fingerprint density at radius 3 is 2.35 bits per heavy atom. The number of nitrogens with one attached hydrogen (secondary N) is 1. The quantitative estimate of drug-likeness (QED) is 0.894. The molecule has 0 radical (unpaired) electrons. The smallest absolute Gasteiger partial charge is 0.118 e. The van der Waals surface area contributed by atoms with Crippen molar-refractivity contribution >= 4 is 11.3 Å². The first-order chi connectivity index (χ1) is 8.26. The monoisotopic (exact) mass is 247 g/mol. The Labute approximate surface area is 106 Å². The van der Waals surface area contributed by atoms with E-state index >= 15 is 0 Å². The molecule has 0 saturated carbocycles. The summed E-state index contributed by atoms with van der Waals surface area (Å²) in [7, 11) is 3.68. The van der Waals surface area contributed by atoms with Crippen molar-refractivity contribution < 1.29 is 4.74 Å². The van der Waals surface area contributed by atoms with Gasteiger partial charge < -0.3 is 10.1 Å². The molecule has 17 heavy (non-hydrogen) atoms. The standard InChI is InChI=1S/C14H17NOS/c1-10-8-17-9-13(10)14(15-2)11-4-6-12(16-3)7-5-11/h4-9,14-15H,1-3H3. The summed E-state index contributed by atoms with van der Waals surface area (Å²) in [5.74, 6) is 0.894.